The van der Waals surface area contributed by atoms with Crippen LogP contribution >= 0.6 is 0 Å². The van der Waals surface area contributed by atoms with Crippen LogP contribution in [0.2, 0.25) is 0 Å². The summed E-state index contributed by atoms with van der Waals surface area (Å²) >= 11 is 0. The van der Waals surface area contributed by atoms with Gasteiger partial charge in [0.2, 0.25) is 0 Å². The number of hydrazone groups is 1. The summed E-state index contributed by atoms with van der Waals surface area (Å²) in [6.07, 6.45) is 10.1. The number of rotatable bonds is 4. The average Bonchev–Trinajstić information content (AvgIpc) is 2.01. The predicted molar refractivity (Wildman–Crippen MR) is 50.4 cm³/mol. The first kappa shape index (κ1) is 9.69. The van der Waals surface area contributed by atoms with Crippen molar-refractivity contribution < 1.29 is 0 Å². The molecule has 0 saturated carbocycles. The van der Waals surface area contributed by atoms with E-state index < -0.39 is 0 Å². The Bertz CT molecular complexity index is 188. The molecule has 0 aromatic heterocycles. The molecule has 0 saturated heterocycles. The number of nitrogens with zero attached hydrogens (tertiary/aromatic N) is 1. The van der Waals surface area contributed by atoms with E-state index in [1.54, 1.807) is 6.21 Å². The molecular weight excluding hydrogens is 136 g/mol. The molecular formula is C9H14N2. The highest BCUT2D eigenvalue weighted by atomic mass is 15.1. The maximum absolute atomic E-state index is 4.92. The normalized spacial score (nSPS) is 12.1. The van der Waals surface area contributed by atoms with Crippen molar-refractivity contribution in [3.63, 3.8) is 0 Å². The second kappa shape index (κ2) is 6.81. The molecule has 0 spiro atoms. The first-order chi connectivity index (χ1) is 5.31. The number of nitrogens with two attached hydrogens (primary N) is 1. The minimum Gasteiger partial charge on any atom is -0.324 e. The molecule has 0 aliphatic rings. The van der Waals surface area contributed by atoms with Crippen molar-refractivity contribution in [2.45, 2.75) is 13.3 Å². The van der Waals surface area contributed by atoms with Crippen molar-refractivity contribution in [2.75, 3.05) is 0 Å². The second-order valence-electron chi connectivity index (χ2n) is 2.08. The minimum atomic E-state index is 0.713. The van der Waals surface area contributed by atoms with Crippen LogP contribution in [0, 0.1) is 0 Å². The molecule has 0 aliphatic heterocycles. The van der Waals surface area contributed by atoms with E-state index in [9.17, 15) is 0 Å². The lowest BCUT2D eigenvalue weighted by atomic mass is 10.2. The first-order valence-electron chi connectivity index (χ1n) is 3.50. The van der Waals surface area contributed by atoms with Gasteiger partial charge in [-0.25, -0.2) is 0 Å². The quantitative estimate of drug-likeness (QED) is 0.283. The van der Waals surface area contributed by atoms with E-state index in [2.05, 4.69) is 11.7 Å². The average molecular weight is 150 g/mol. The Hall–Kier alpha value is -1.31. The van der Waals surface area contributed by atoms with Gasteiger partial charge >= 0.3 is 0 Å². The highest BCUT2D eigenvalue weighted by Gasteiger charge is 1.81. The third kappa shape index (κ3) is 6.58. The molecule has 0 aliphatic carbocycles. The Kier molecular flexibility index (Phi) is 5.99. The monoisotopic (exact) mass is 150 g/mol. The standard InChI is InChI=1S/C9H14N2/c1-3-4-5-6-9(2)7-8-11-10/h3-6,8H,2,7,10H2,1H3/b4-3-,6-5-,11-8+. The van der Waals surface area contributed by atoms with Gasteiger partial charge in [0, 0.05) is 12.6 Å². The van der Waals surface area contributed by atoms with Crippen LogP contribution in [0.5, 0.6) is 0 Å². The molecule has 0 aromatic rings. The highest BCUT2D eigenvalue weighted by molar-refractivity contribution is 5.61. The summed E-state index contributed by atoms with van der Waals surface area (Å²) in [6, 6.07) is 0. The van der Waals surface area contributed by atoms with Gasteiger partial charge in [-0.05, 0) is 12.5 Å². The summed E-state index contributed by atoms with van der Waals surface area (Å²) in [5.74, 6) is 4.92. The van der Waals surface area contributed by atoms with Crippen LogP contribution in [0.3, 0.4) is 0 Å². The zero-order chi connectivity index (χ0) is 8.53. The van der Waals surface area contributed by atoms with E-state index in [0.29, 0.717) is 6.42 Å². The maximum atomic E-state index is 4.92. The summed E-state index contributed by atoms with van der Waals surface area (Å²) in [5.41, 5.74) is 0.998. The molecule has 2 heteroatoms. The van der Waals surface area contributed by atoms with Crippen molar-refractivity contribution >= 4 is 6.21 Å². The van der Waals surface area contributed by atoms with Gasteiger partial charge in [0.25, 0.3) is 0 Å². The lowest BCUT2D eigenvalue weighted by Crippen LogP contribution is -1.83. The zero-order valence-corrected chi connectivity index (χ0v) is 6.83. The van der Waals surface area contributed by atoms with E-state index >= 15 is 0 Å². The third-order valence-electron chi connectivity index (χ3n) is 1.09. The van der Waals surface area contributed by atoms with Gasteiger partial charge in [-0.2, -0.15) is 5.10 Å². The van der Waals surface area contributed by atoms with Crippen molar-refractivity contribution in [1.29, 1.82) is 0 Å². The molecule has 2 N–H and O–H groups in total. The second-order valence-corrected chi connectivity index (χ2v) is 2.08. The molecule has 0 atom stereocenters. The van der Waals surface area contributed by atoms with Gasteiger partial charge in [-0.1, -0.05) is 30.9 Å². The van der Waals surface area contributed by atoms with E-state index in [4.69, 9.17) is 5.84 Å². The minimum absolute atomic E-state index is 0.713. The van der Waals surface area contributed by atoms with Crippen LogP contribution in [-0.4, -0.2) is 6.21 Å². The van der Waals surface area contributed by atoms with Gasteiger partial charge in [0.15, 0.2) is 0 Å². The molecule has 2 nitrogen and oxygen atoms in total. The Morgan fingerprint density at radius 3 is 2.82 bits per heavy atom. The largest absolute Gasteiger partial charge is 0.324 e. The topological polar surface area (TPSA) is 38.4 Å². The van der Waals surface area contributed by atoms with Crippen molar-refractivity contribution in [3.05, 3.63) is 36.5 Å². The number of hydrogen-bond acceptors (Lipinski definition) is 2. The Morgan fingerprint density at radius 1 is 1.55 bits per heavy atom. The number of allylic oxidation sites excluding steroid dienone is 5. The van der Waals surface area contributed by atoms with E-state index in [0.717, 1.165) is 5.57 Å². The molecule has 0 unspecified atom stereocenters. The lowest BCUT2D eigenvalue weighted by Gasteiger charge is -1.89. The van der Waals surface area contributed by atoms with E-state index in [1.165, 1.54) is 0 Å². The smallest absolute Gasteiger partial charge is 0.0283 e. The van der Waals surface area contributed by atoms with Gasteiger partial charge in [0.05, 0.1) is 0 Å². The van der Waals surface area contributed by atoms with Gasteiger partial charge in [-0.15, -0.1) is 0 Å². The van der Waals surface area contributed by atoms with Gasteiger partial charge < -0.3 is 5.84 Å². The highest BCUT2D eigenvalue weighted by Crippen LogP contribution is 1.96. The Balaban J connectivity index is 3.68. The Labute approximate surface area is 67.8 Å². The van der Waals surface area contributed by atoms with Gasteiger partial charge in [-0.3, -0.25) is 0 Å². The molecule has 0 amide bonds. The van der Waals surface area contributed by atoms with Crippen LogP contribution in [-0.2, 0) is 0 Å². The summed E-state index contributed by atoms with van der Waals surface area (Å²) in [6.45, 7) is 5.76. The SMILES string of the molecule is C=C(/C=C\C=C/C)C/C=N/N. The molecule has 0 aromatic carbocycles. The number of hydrogen-bond donors (Lipinski definition) is 1. The molecule has 0 heterocycles. The molecule has 0 rings (SSSR count). The van der Waals surface area contributed by atoms with Crippen LogP contribution in [0.4, 0.5) is 0 Å². The van der Waals surface area contributed by atoms with Crippen LogP contribution in [0.1, 0.15) is 13.3 Å². The van der Waals surface area contributed by atoms with E-state index in [-0.39, 0.29) is 0 Å². The van der Waals surface area contributed by atoms with Crippen molar-refractivity contribution in [2.24, 2.45) is 10.9 Å². The summed E-state index contributed by atoms with van der Waals surface area (Å²) in [4.78, 5) is 0. The Morgan fingerprint density at radius 2 is 2.27 bits per heavy atom. The van der Waals surface area contributed by atoms with Crippen LogP contribution in [0.15, 0.2) is 41.6 Å². The molecule has 0 bridgehead atoms. The van der Waals surface area contributed by atoms with Gasteiger partial charge in [0.1, 0.15) is 0 Å². The maximum Gasteiger partial charge on any atom is 0.0283 e. The summed E-state index contributed by atoms with van der Waals surface area (Å²) in [5, 5.41) is 3.37. The molecule has 11 heavy (non-hydrogen) atoms. The summed E-state index contributed by atoms with van der Waals surface area (Å²) < 4.78 is 0. The fraction of sp³-hybridized carbons (Fsp3) is 0.222. The van der Waals surface area contributed by atoms with Crippen molar-refractivity contribution in [1.82, 2.24) is 0 Å². The predicted octanol–water partition coefficient (Wildman–Crippen LogP) is 2.01. The molecule has 60 valence electrons. The van der Waals surface area contributed by atoms with Crippen LogP contribution in [0.25, 0.3) is 0 Å². The van der Waals surface area contributed by atoms with Crippen LogP contribution < -0.4 is 5.84 Å². The fourth-order valence-electron chi connectivity index (χ4n) is 0.541. The third-order valence-corrected chi connectivity index (χ3v) is 1.09. The molecule has 0 fully saturated rings. The lowest BCUT2D eigenvalue weighted by molar-refractivity contribution is 1.23. The van der Waals surface area contributed by atoms with E-state index in [1.807, 2.05) is 31.2 Å². The first-order valence-corrected chi connectivity index (χ1v) is 3.50. The van der Waals surface area contributed by atoms with Crippen molar-refractivity contribution in [3.8, 4) is 0 Å². The fourth-order valence-corrected chi connectivity index (χ4v) is 0.541. The zero-order valence-electron chi connectivity index (χ0n) is 6.83. The summed E-state index contributed by atoms with van der Waals surface area (Å²) in [7, 11) is 0. The molecule has 0 radical (unpaired) electrons.